The average molecular weight is 232 g/mol. The second kappa shape index (κ2) is 5.90. The maximum atomic E-state index is 10.4. The van der Waals surface area contributed by atoms with E-state index in [9.17, 15) is 4.57 Å². The first-order valence-corrected chi connectivity index (χ1v) is 12.7. The molecular weight excluding hydrogens is 225 g/mol. The Morgan fingerprint density at radius 3 is 2.00 bits per heavy atom. The van der Waals surface area contributed by atoms with Crippen LogP contribution in [-0.2, 0) is 4.57 Å². The second-order valence-corrected chi connectivity index (χ2v) is 21.9. The maximum Gasteiger partial charge on any atom is 0.190 e. The molecule has 9 heavy (non-hydrogen) atoms. The fraction of sp³-hybridized carbons (Fsp3) is 1.00. The quantitative estimate of drug-likeness (QED) is 0.534. The summed E-state index contributed by atoms with van der Waals surface area (Å²) < 4.78 is 10.4. The highest BCUT2D eigenvalue weighted by Gasteiger charge is 2.15. The average Bonchev–Trinajstić information content (AvgIpc) is 1.64. The normalized spacial score (nSPS) is 18.2. The Morgan fingerprint density at radius 2 is 2.00 bits per heavy atom. The fourth-order valence-electron chi connectivity index (χ4n) is 0.263. The number of hydrogen-bond acceptors (Lipinski definition) is 1. The van der Waals surface area contributed by atoms with E-state index in [0.717, 1.165) is 0 Å². The lowest BCUT2D eigenvalue weighted by Gasteiger charge is -2.17. The molecule has 0 heterocycles. The zero-order valence-corrected chi connectivity index (χ0v) is 10.8. The van der Waals surface area contributed by atoms with Gasteiger partial charge in [-0.2, -0.15) is 0 Å². The molecule has 0 spiro atoms. The molecule has 1 nitrogen and oxygen atoms in total. The van der Waals surface area contributed by atoms with Crippen molar-refractivity contribution in [3.63, 3.8) is 0 Å². The predicted octanol–water partition coefficient (Wildman–Crippen LogP) is 3.76. The lowest BCUT2D eigenvalue weighted by molar-refractivity contribution is 0.605. The van der Waals surface area contributed by atoms with E-state index in [-0.39, 0.29) is 15.1 Å². The summed E-state index contributed by atoms with van der Waals surface area (Å²) in [6, 6.07) is 0. The summed E-state index contributed by atoms with van der Waals surface area (Å²) in [5, 5.41) is 0. The van der Waals surface area contributed by atoms with Gasteiger partial charge >= 0.3 is 0 Å². The van der Waals surface area contributed by atoms with Crippen molar-refractivity contribution in [2.24, 2.45) is 0 Å². The molecule has 0 aliphatic carbocycles. The van der Waals surface area contributed by atoms with E-state index < -0.39 is 14.5 Å². The molecule has 0 N–H and O–H groups in total. The summed E-state index contributed by atoms with van der Waals surface area (Å²) >= 11 is 0. The van der Waals surface area contributed by atoms with Gasteiger partial charge in [-0.05, 0) is 13.7 Å². The molecule has 4 unspecified atom stereocenters. The van der Waals surface area contributed by atoms with Crippen LogP contribution in [0.5, 0.6) is 0 Å². The summed E-state index contributed by atoms with van der Waals surface area (Å²) in [7, 11) is 10.7. The van der Waals surface area contributed by atoms with Gasteiger partial charge in [0, 0.05) is 6.99 Å². The van der Waals surface area contributed by atoms with Crippen molar-refractivity contribution in [3.05, 3.63) is 0 Å². The molecule has 0 bridgehead atoms. The molecule has 50 valence electrons. The predicted molar refractivity (Wildman–Crippen MR) is 59.5 cm³/mol. The van der Waals surface area contributed by atoms with Gasteiger partial charge in [0.05, 0.1) is 0 Å². The molecule has 0 amide bonds. The van der Waals surface area contributed by atoms with E-state index in [2.05, 4.69) is 17.9 Å². The second-order valence-electron chi connectivity index (χ2n) is 1.30. The van der Waals surface area contributed by atoms with Crippen LogP contribution in [0.2, 0.25) is 0 Å². The first-order valence-electron chi connectivity index (χ1n) is 2.00. The van der Waals surface area contributed by atoms with E-state index in [4.69, 9.17) is 7.57 Å². The van der Waals surface area contributed by atoms with Crippen LogP contribution < -0.4 is 0 Å². The van der Waals surface area contributed by atoms with E-state index >= 15 is 0 Å². The molecule has 0 aromatic rings. The fourth-order valence-corrected chi connectivity index (χ4v) is 18.2. The molecule has 0 rings (SSSR count). The van der Waals surface area contributed by atoms with Crippen LogP contribution in [0.4, 0.5) is 0 Å². The summed E-state index contributed by atoms with van der Waals surface area (Å²) in [6.45, 7) is 1.31. The molecule has 8 heteroatoms. The Morgan fingerprint density at radius 1 is 1.56 bits per heavy atom. The smallest absolute Gasteiger partial charge is 0.190 e. The molecule has 0 aliphatic heterocycles. The summed E-state index contributed by atoms with van der Waals surface area (Å²) in [6.07, 6.45) is 0. The van der Waals surface area contributed by atoms with Crippen LogP contribution in [0.1, 0.15) is 0 Å². The number of hydrogen-bond donors (Lipinski definition) is 0. The zero-order chi connectivity index (χ0) is 7.44. The highest BCUT2D eigenvalue weighted by molar-refractivity contribution is 8.98. The Kier molecular flexibility index (Phi) is 7.42. The van der Waals surface area contributed by atoms with E-state index in [0.29, 0.717) is 0 Å². The third kappa shape index (κ3) is 4.70. The number of rotatable bonds is 3. The van der Waals surface area contributed by atoms with Gasteiger partial charge in [-0.25, -0.2) is 0 Å². The highest BCUT2D eigenvalue weighted by atomic mass is 33.0. The first-order chi connectivity index (χ1) is 4.09. The van der Waals surface area contributed by atoms with Crippen LogP contribution >= 0.6 is 47.5 Å². The summed E-state index contributed by atoms with van der Waals surface area (Å²) in [5.74, 6) is 0. The van der Waals surface area contributed by atoms with Gasteiger partial charge in [-0.3, -0.25) is 4.57 Å². The maximum absolute atomic E-state index is 10.4. The minimum atomic E-state index is -0.476. The van der Waals surface area contributed by atoms with Crippen molar-refractivity contribution >= 4 is 55.0 Å². The first kappa shape index (κ1) is 11.3. The Hall–Kier alpha value is 2.31. The molecular formula is CH7BOP6. The molecule has 0 saturated carbocycles. The SMILES string of the molecule is [B]P(C)P(P=O)P(P)P. The van der Waals surface area contributed by atoms with Gasteiger partial charge in [0.15, 0.2) is 8.15 Å². The van der Waals surface area contributed by atoms with Crippen LogP contribution in [0.25, 0.3) is 0 Å². The van der Waals surface area contributed by atoms with Crippen molar-refractivity contribution < 1.29 is 4.57 Å². The van der Waals surface area contributed by atoms with E-state index in [1.807, 2.05) is 6.66 Å². The van der Waals surface area contributed by atoms with Crippen LogP contribution in [0.15, 0.2) is 0 Å². The molecule has 0 aliphatic rings. The van der Waals surface area contributed by atoms with Crippen molar-refractivity contribution in [1.29, 1.82) is 0 Å². The van der Waals surface area contributed by atoms with Gasteiger partial charge in [0.1, 0.15) is 7.57 Å². The minimum Gasteiger partial charge on any atom is -0.269 e. The standard InChI is InChI=1S/CH7BOP6/c1-7(2)9(6-3)8(4)5/h4-5H2,1H3. The summed E-state index contributed by atoms with van der Waals surface area (Å²) in [4.78, 5) is 0. The lowest BCUT2D eigenvalue weighted by Crippen LogP contribution is -1.54. The lowest BCUT2D eigenvalue weighted by atomic mass is 10.8. The minimum absolute atomic E-state index is 0.226. The van der Waals surface area contributed by atoms with Gasteiger partial charge < -0.3 is 0 Å². The van der Waals surface area contributed by atoms with Crippen molar-refractivity contribution in [1.82, 2.24) is 0 Å². The van der Waals surface area contributed by atoms with Gasteiger partial charge in [0.2, 0.25) is 0 Å². The van der Waals surface area contributed by atoms with Crippen LogP contribution in [0, 0.1) is 0 Å². The zero-order valence-electron chi connectivity index (χ0n) is 4.93. The topological polar surface area (TPSA) is 17.1 Å². The van der Waals surface area contributed by atoms with Crippen molar-refractivity contribution in [2.45, 2.75) is 0 Å². The Labute approximate surface area is 66.6 Å². The third-order valence-corrected chi connectivity index (χ3v) is 26.3. The van der Waals surface area contributed by atoms with E-state index in [1.165, 1.54) is 0 Å². The Balaban J connectivity index is 3.82. The molecule has 0 aromatic heterocycles. The molecule has 0 fully saturated rings. The van der Waals surface area contributed by atoms with Crippen LogP contribution in [0.3, 0.4) is 0 Å². The van der Waals surface area contributed by atoms with E-state index in [1.54, 1.807) is 0 Å². The largest absolute Gasteiger partial charge is 0.269 e. The molecule has 2 radical (unpaired) electrons. The van der Waals surface area contributed by atoms with Crippen LogP contribution in [-0.4, -0.2) is 14.2 Å². The van der Waals surface area contributed by atoms with Gasteiger partial charge in [-0.15, -0.1) is 25.3 Å². The third-order valence-electron chi connectivity index (χ3n) is 0.562. The molecule has 4 atom stereocenters. The van der Waals surface area contributed by atoms with Gasteiger partial charge in [0.25, 0.3) is 0 Å². The van der Waals surface area contributed by atoms with Crippen molar-refractivity contribution in [3.8, 4) is 0 Å². The Bertz CT molecular complexity index is 85.1. The van der Waals surface area contributed by atoms with Crippen molar-refractivity contribution in [2.75, 3.05) is 6.66 Å². The molecule has 0 aromatic carbocycles. The molecule has 0 saturated heterocycles. The monoisotopic (exact) mass is 232 g/mol. The highest BCUT2D eigenvalue weighted by Crippen LogP contribution is 2.95. The van der Waals surface area contributed by atoms with Gasteiger partial charge in [-0.1, -0.05) is 0 Å². The summed E-state index contributed by atoms with van der Waals surface area (Å²) in [5.41, 5.74) is 0.